The lowest BCUT2D eigenvalue weighted by Crippen LogP contribution is -2.32. The first-order chi connectivity index (χ1) is 9.86. The lowest BCUT2D eigenvalue weighted by Gasteiger charge is -2.19. The van der Waals surface area contributed by atoms with E-state index in [4.69, 9.17) is 10.8 Å². The van der Waals surface area contributed by atoms with Gasteiger partial charge in [-0.3, -0.25) is 4.99 Å². The molecule has 0 atom stereocenters. The molecule has 20 heavy (non-hydrogen) atoms. The summed E-state index contributed by atoms with van der Waals surface area (Å²) in [5.74, 6) is 6.49. The summed E-state index contributed by atoms with van der Waals surface area (Å²) in [4.78, 5) is 4.81. The normalized spacial score (nSPS) is 17.4. The van der Waals surface area contributed by atoms with Crippen LogP contribution in [0.5, 0.6) is 0 Å². The van der Waals surface area contributed by atoms with Crippen molar-refractivity contribution in [2.75, 3.05) is 0 Å². The lowest BCUT2D eigenvalue weighted by molar-refractivity contribution is 0.442. The molecule has 0 spiro atoms. The summed E-state index contributed by atoms with van der Waals surface area (Å²) in [5.41, 5.74) is 3.85. The molecule has 1 fully saturated rings. The maximum Gasteiger partial charge on any atom is 0.142 e. The molecule has 3 heteroatoms. The summed E-state index contributed by atoms with van der Waals surface area (Å²) >= 11 is 0. The zero-order valence-corrected chi connectivity index (χ0v) is 11.7. The van der Waals surface area contributed by atoms with E-state index in [1.165, 1.54) is 42.9 Å². The summed E-state index contributed by atoms with van der Waals surface area (Å²) in [6, 6.07) is 15.1. The van der Waals surface area contributed by atoms with Crippen LogP contribution in [0, 0.1) is 0 Å². The van der Waals surface area contributed by atoms with E-state index in [2.05, 4.69) is 47.9 Å². The minimum Gasteiger partial charge on any atom is -0.308 e. The molecule has 0 heterocycles. The van der Waals surface area contributed by atoms with Gasteiger partial charge in [0.05, 0.1) is 6.04 Å². The highest BCUT2D eigenvalue weighted by atomic mass is 15.3. The second-order valence-corrected chi connectivity index (χ2v) is 5.48. The predicted octanol–water partition coefficient (Wildman–Crippen LogP) is 3.38. The standard InChI is InChI=1S/C17H21N3/c18-20-17(19-16-8-2-1-3-9-16)15-11-10-13-6-4-5-7-14(13)12-15/h4-7,10-12,16H,1-3,8-9,18H2,(H,19,20). The van der Waals surface area contributed by atoms with Gasteiger partial charge in [-0.25, -0.2) is 5.84 Å². The van der Waals surface area contributed by atoms with Gasteiger partial charge >= 0.3 is 0 Å². The van der Waals surface area contributed by atoms with E-state index < -0.39 is 0 Å². The van der Waals surface area contributed by atoms with Gasteiger partial charge in [-0.05, 0) is 29.7 Å². The van der Waals surface area contributed by atoms with E-state index in [9.17, 15) is 0 Å². The van der Waals surface area contributed by atoms with Crippen molar-refractivity contribution in [1.29, 1.82) is 0 Å². The van der Waals surface area contributed by atoms with E-state index in [1.54, 1.807) is 0 Å². The van der Waals surface area contributed by atoms with Crippen molar-refractivity contribution in [1.82, 2.24) is 5.43 Å². The minimum atomic E-state index is 0.418. The van der Waals surface area contributed by atoms with Crippen molar-refractivity contribution in [3.8, 4) is 0 Å². The molecular weight excluding hydrogens is 246 g/mol. The molecule has 0 aliphatic heterocycles. The Morgan fingerprint density at radius 1 is 1.00 bits per heavy atom. The van der Waals surface area contributed by atoms with E-state index >= 15 is 0 Å². The molecule has 1 aliphatic carbocycles. The fraction of sp³-hybridized carbons (Fsp3) is 0.353. The van der Waals surface area contributed by atoms with Gasteiger partial charge < -0.3 is 5.43 Å². The van der Waals surface area contributed by atoms with Crippen molar-refractivity contribution < 1.29 is 0 Å². The van der Waals surface area contributed by atoms with Crippen molar-refractivity contribution in [2.24, 2.45) is 10.8 Å². The number of benzene rings is 2. The van der Waals surface area contributed by atoms with Gasteiger partial charge in [0, 0.05) is 5.56 Å². The Morgan fingerprint density at radius 2 is 1.75 bits per heavy atom. The quantitative estimate of drug-likeness (QED) is 0.379. The van der Waals surface area contributed by atoms with Crippen LogP contribution in [0.3, 0.4) is 0 Å². The van der Waals surface area contributed by atoms with Gasteiger partial charge in [-0.2, -0.15) is 0 Å². The average molecular weight is 267 g/mol. The first-order valence-electron chi connectivity index (χ1n) is 7.40. The minimum absolute atomic E-state index is 0.418. The third-order valence-electron chi connectivity index (χ3n) is 4.05. The number of amidine groups is 1. The van der Waals surface area contributed by atoms with Crippen molar-refractivity contribution in [3.05, 3.63) is 48.0 Å². The number of hydrazine groups is 1. The summed E-state index contributed by atoms with van der Waals surface area (Å²) < 4.78 is 0. The Bertz CT molecular complexity index is 612. The molecular formula is C17H21N3. The van der Waals surface area contributed by atoms with Gasteiger partial charge in [0.2, 0.25) is 0 Å². The first-order valence-corrected chi connectivity index (χ1v) is 7.40. The predicted molar refractivity (Wildman–Crippen MR) is 84.7 cm³/mol. The van der Waals surface area contributed by atoms with Gasteiger partial charge in [-0.1, -0.05) is 55.7 Å². The number of rotatable bonds is 2. The fourth-order valence-corrected chi connectivity index (χ4v) is 2.92. The highest BCUT2D eigenvalue weighted by Crippen LogP contribution is 2.21. The summed E-state index contributed by atoms with van der Waals surface area (Å²) in [6.07, 6.45) is 6.26. The Kier molecular flexibility index (Phi) is 3.97. The molecule has 104 valence electrons. The van der Waals surface area contributed by atoms with Gasteiger partial charge in [0.25, 0.3) is 0 Å². The molecule has 2 aromatic rings. The van der Waals surface area contributed by atoms with Crippen LogP contribution in [-0.2, 0) is 0 Å². The monoisotopic (exact) mass is 267 g/mol. The van der Waals surface area contributed by atoms with Crippen LogP contribution in [0.4, 0.5) is 0 Å². The van der Waals surface area contributed by atoms with Crippen LogP contribution in [0.25, 0.3) is 10.8 Å². The lowest BCUT2D eigenvalue weighted by atomic mass is 9.96. The highest BCUT2D eigenvalue weighted by molar-refractivity contribution is 6.01. The van der Waals surface area contributed by atoms with Crippen molar-refractivity contribution in [3.63, 3.8) is 0 Å². The largest absolute Gasteiger partial charge is 0.308 e. The third kappa shape index (κ3) is 2.83. The van der Waals surface area contributed by atoms with Crippen LogP contribution < -0.4 is 11.3 Å². The molecule has 0 amide bonds. The Hall–Kier alpha value is -1.87. The maximum absolute atomic E-state index is 5.69. The van der Waals surface area contributed by atoms with Crippen LogP contribution in [0.2, 0.25) is 0 Å². The van der Waals surface area contributed by atoms with Crippen LogP contribution in [0.15, 0.2) is 47.5 Å². The van der Waals surface area contributed by atoms with Gasteiger partial charge in [0.15, 0.2) is 0 Å². The van der Waals surface area contributed by atoms with E-state index in [-0.39, 0.29) is 0 Å². The van der Waals surface area contributed by atoms with E-state index in [0.717, 1.165) is 11.4 Å². The summed E-state index contributed by atoms with van der Waals surface area (Å²) in [5, 5.41) is 2.46. The maximum atomic E-state index is 5.69. The molecule has 3 nitrogen and oxygen atoms in total. The average Bonchev–Trinajstić information content (AvgIpc) is 2.53. The Morgan fingerprint density at radius 3 is 2.50 bits per heavy atom. The number of fused-ring (bicyclic) bond motifs is 1. The molecule has 0 unspecified atom stereocenters. The van der Waals surface area contributed by atoms with Crippen LogP contribution in [0.1, 0.15) is 37.7 Å². The smallest absolute Gasteiger partial charge is 0.142 e. The molecule has 0 radical (unpaired) electrons. The number of nitrogens with two attached hydrogens (primary N) is 1. The number of hydrogen-bond donors (Lipinski definition) is 2. The van der Waals surface area contributed by atoms with Gasteiger partial charge in [-0.15, -0.1) is 0 Å². The highest BCUT2D eigenvalue weighted by Gasteiger charge is 2.13. The molecule has 1 aliphatic rings. The van der Waals surface area contributed by atoms with Crippen LogP contribution in [-0.4, -0.2) is 11.9 Å². The fourth-order valence-electron chi connectivity index (χ4n) is 2.92. The first kappa shape index (κ1) is 13.1. The zero-order valence-electron chi connectivity index (χ0n) is 11.7. The summed E-state index contributed by atoms with van der Waals surface area (Å²) in [6.45, 7) is 0. The zero-order chi connectivity index (χ0) is 13.8. The molecule has 1 saturated carbocycles. The second-order valence-electron chi connectivity index (χ2n) is 5.48. The van der Waals surface area contributed by atoms with E-state index in [1.807, 2.05) is 0 Å². The third-order valence-corrected chi connectivity index (χ3v) is 4.05. The molecule has 0 saturated heterocycles. The Labute approximate surface area is 119 Å². The molecule has 2 aromatic carbocycles. The number of aliphatic imine (C=N–C) groups is 1. The number of nitrogens with one attached hydrogen (secondary N) is 1. The molecule has 3 rings (SSSR count). The molecule has 0 bridgehead atoms. The second kappa shape index (κ2) is 6.06. The Balaban J connectivity index is 1.91. The van der Waals surface area contributed by atoms with Crippen molar-refractivity contribution >= 4 is 16.6 Å². The van der Waals surface area contributed by atoms with E-state index in [0.29, 0.717) is 6.04 Å². The molecule has 3 N–H and O–H groups in total. The SMILES string of the molecule is NNC(=NC1CCCCC1)c1ccc2ccccc2c1. The van der Waals surface area contributed by atoms with Crippen molar-refractivity contribution in [2.45, 2.75) is 38.1 Å². The summed E-state index contributed by atoms with van der Waals surface area (Å²) in [7, 11) is 0. The number of hydrogen-bond acceptors (Lipinski definition) is 2. The van der Waals surface area contributed by atoms with Gasteiger partial charge in [0.1, 0.15) is 5.84 Å². The topological polar surface area (TPSA) is 50.4 Å². The number of nitrogens with zero attached hydrogens (tertiary/aromatic N) is 1. The molecule has 0 aromatic heterocycles. The van der Waals surface area contributed by atoms with Crippen LogP contribution >= 0.6 is 0 Å².